The van der Waals surface area contributed by atoms with Crippen molar-refractivity contribution in [3.05, 3.63) is 84.4 Å². The molecule has 0 unspecified atom stereocenters. The maximum Gasteiger partial charge on any atom is 0.265 e. The van der Waals surface area contributed by atoms with Gasteiger partial charge in [-0.1, -0.05) is 54.6 Å². The molecule has 0 fully saturated rings. The van der Waals surface area contributed by atoms with Crippen molar-refractivity contribution in [1.29, 1.82) is 0 Å². The number of ether oxygens (including phenoxy) is 2. The molecule has 5 nitrogen and oxygen atoms in total. The molecule has 0 saturated heterocycles. The van der Waals surface area contributed by atoms with Crippen LogP contribution in [0.5, 0.6) is 11.5 Å². The molecule has 1 amide bonds. The highest BCUT2D eigenvalue weighted by Crippen LogP contribution is 2.32. The Bertz CT molecular complexity index is 897. The van der Waals surface area contributed by atoms with Gasteiger partial charge in [0, 0.05) is 11.1 Å². The van der Waals surface area contributed by atoms with E-state index in [0.717, 1.165) is 35.5 Å². The number of rotatable bonds is 9. The first-order valence-electron chi connectivity index (χ1n) is 9.29. The Kier molecular flexibility index (Phi) is 7.04. The number of unbranched alkanes of at least 4 members (excludes halogenated alkanes) is 1. The predicted molar refractivity (Wildman–Crippen MR) is 110 cm³/mol. The van der Waals surface area contributed by atoms with Crippen LogP contribution < -0.4 is 20.7 Å². The monoisotopic (exact) mass is 376 g/mol. The number of hydrogen-bond donors (Lipinski definition) is 2. The lowest BCUT2D eigenvalue weighted by atomic mass is 9.98. The summed E-state index contributed by atoms with van der Waals surface area (Å²) in [5.41, 5.74) is 4.36. The van der Waals surface area contributed by atoms with Crippen molar-refractivity contribution in [1.82, 2.24) is 5.43 Å². The molecule has 0 heterocycles. The van der Waals surface area contributed by atoms with Gasteiger partial charge in [0.05, 0.1) is 13.2 Å². The van der Waals surface area contributed by atoms with Gasteiger partial charge in [0.25, 0.3) is 5.91 Å². The Balaban J connectivity index is 1.58. The van der Waals surface area contributed by atoms with Crippen molar-refractivity contribution in [2.75, 3.05) is 13.2 Å². The molecular weight excluding hydrogens is 352 g/mol. The molecule has 0 aromatic heterocycles. The number of para-hydroxylation sites is 2. The molecule has 28 heavy (non-hydrogen) atoms. The average molecular weight is 376 g/mol. The quantitative estimate of drug-likeness (QED) is 0.254. The Hall–Kier alpha value is -3.31. The van der Waals surface area contributed by atoms with Gasteiger partial charge in [0.15, 0.2) is 0 Å². The molecular formula is C23H24N2O3. The summed E-state index contributed by atoms with van der Waals surface area (Å²) in [5, 5.41) is 0. The van der Waals surface area contributed by atoms with E-state index < -0.39 is 0 Å². The van der Waals surface area contributed by atoms with Gasteiger partial charge >= 0.3 is 0 Å². The number of hydrazine groups is 1. The third-order valence-corrected chi connectivity index (χ3v) is 4.29. The highest BCUT2D eigenvalue weighted by molar-refractivity contribution is 6.01. The smallest absolute Gasteiger partial charge is 0.265 e. The lowest BCUT2D eigenvalue weighted by molar-refractivity contribution is 0.0954. The van der Waals surface area contributed by atoms with E-state index in [1.165, 1.54) is 0 Å². The van der Waals surface area contributed by atoms with Crippen LogP contribution in [0.4, 0.5) is 0 Å². The molecule has 3 N–H and O–H groups in total. The van der Waals surface area contributed by atoms with E-state index in [-0.39, 0.29) is 5.91 Å². The number of benzene rings is 3. The van der Waals surface area contributed by atoms with Crippen molar-refractivity contribution in [2.24, 2.45) is 5.84 Å². The second-order valence-electron chi connectivity index (χ2n) is 6.23. The van der Waals surface area contributed by atoms with Crippen LogP contribution in [-0.4, -0.2) is 19.1 Å². The Morgan fingerprint density at radius 2 is 1.36 bits per heavy atom. The summed E-state index contributed by atoms with van der Waals surface area (Å²) in [6.45, 7) is 1.22. The lowest BCUT2D eigenvalue weighted by Crippen LogP contribution is -2.30. The first kappa shape index (κ1) is 19.5. The largest absolute Gasteiger partial charge is 0.494 e. The van der Waals surface area contributed by atoms with Crippen LogP contribution in [0.3, 0.4) is 0 Å². The van der Waals surface area contributed by atoms with E-state index in [1.54, 1.807) is 6.07 Å². The van der Waals surface area contributed by atoms with E-state index in [4.69, 9.17) is 15.3 Å². The molecule has 3 aromatic carbocycles. The van der Waals surface area contributed by atoms with Crippen molar-refractivity contribution < 1.29 is 14.3 Å². The summed E-state index contributed by atoms with van der Waals surface area (Å²) in [4.78, 5) is 12.1. The predicted octanol–water partition coefficient (Wildman–Crippen LogP) is 4.20. The zero-order valence-electron chi connectivity index (χ0n) is 15.6. The molecule has 0 aliphatic heterocycles. The molecule has 0 saturated carbocycles. The second kappa shape index (κ2) is 10.1. The van der Waals surface area contributed by atoms with Crippen molar-refractivity contribution in [2.45, 2.75) is 12.8 Å². The lowest BCUT2D eigenvalue weighted by Gasteiger charge is -2.14. The summed E-state index contributed by atoms with van der Waals surface area (Å²) < 4.78 is 11.7. The Morgan fingerprint density at radius 1 is 0.750 bits per heavy atom. The van der Waals surface area contributed by atoms with Gasteiger partial charge < -0.3 is 9.47 Å². The fourth-order valence-electron chi connectivity index (χ4n) is 2.90. The van der Waals surface area contributed by atoms with Gasteiger partial charge in [-0.15, -0.1) is 0 Å². The van der Waals surface area contributed by atoms with E-state index in [2.05, 4.69) is 5.43 Å². The maximum atomic E-state index is 12.1. The van der Waals surface area contributed by atoms with Gasteiger partial charge in [-0.25, -0.2) is 5.84 Å². The molecule has 144 valence electrons. The topological polar surface area (TPSA) is 73.6 Å². The summed E-state index contributed by atoms with van der Waals surface area (Å²) >= 11 is 0. The molecule has 3 rings (SSSR count). The van der Waals surface area contributed by atoms with Gasteiger partial charge in [0.1, 0.15) is 11.5 Å². The van der Waals surface area contributed by atoms with Gasteiger partial charge in [0.2, 0.25) is 0 Å². The average Bonchev–Trinajstić information content (AvgIpc) is 2.76. The third kappa shape index (κ3) is 5.11. The minimum atomic E-state index is -0.330. The second-order valence-corrected chi connectivity index (χ2v) is 6.23. The number of carbonyl (C=O) groups excluding carboxylic acids is 1. The summed E-state index contributed by atoms with van der Waals surface area (Å²) in [6, 6.07) is 24.8. The highest BCUT2D eigenvalue weighted by Gasteiger charge is 2.14. The van der Waals surface area contributed by atoms with Crippen molar-refractivity contribution >= 4 is 5.91 Å². The van der Waals surface area contributed by atoms with Crippen LogP contribution in [0.2, 0.25) is 0 Å². The van der Waals surface area contributed by atoms with Crippen molar-refractivity contribution in [3.8, 4) is 22.6 Å². The minimum absolute atomic E-state index is 0.330. The molecule has 3 aromatic rings. The summed E-state index contributed by atoms with van der Waals surface area (Å²) in [6.07, 6.45) is 1.76. The molecule has 0 atom stereocenters. The van der Waals surface area contributed by atoms with E-state index in [0.29, 0.717) is 18.8 Å². The number of nitrogens with one attached hydrogen (secondary N) is 1. The number of amides is 1. The normalized spacial score (nSPS) is 10.3. The van der Waals surface area contributed by atoms with Crippen LogP contribution in [0.15, 0.2) is 78.9 Å². The van der Waals surface area contributed by atoms with Gasteiger partial charge in [-0.2, -0.15) is 0 Å². The Morgan fingerprint density at radius 3 is 2.11 bits per heavy atom. The molecule has 0 spiro atoms. The first-order chi connectivity index (χ1) is 13.8. The highest BCUT2D eigenvalue weighted by atomic mass is 16.5. The number of nitrogens with two attached hydrogens (primary N) is 1. The van der Waals surface area contributed by atoms with E-state index >= 15 is 0 Å². The first-order valence-corrected chi connectivity index (χ1v) is 9.29. The zero-order valence-corrected chi connectivity index (χ0v) is 15.6. The molecule has 5 heteroatoms. The number of carbonyl (C=O) groups is 1. The minimum Gasteiger partial charge on any atom is -0.494 e. The Labute approximate surface area is 165 Å². The fourth-order valence-corrected chi connectivity index (χ4v) is 2.90. The van der Waals surface area contributed by atoms with Crippen LogP contribution in [0.1, 0.15) is 23.2 Å². The van der Waals surface area contributed by atoms with E-state index in [9.17, 15) is 4.79 Å². The molecule has 0 radical (unpaired) electrons. The van der Waals surface area contributed by atoms with Gasteiger partial charge in [-0.3, -0.25) is 10.2 Å². The number of hydrogen-bond acceptors (Lipinski definition) is 4. The van der Waals surface area contributed by atoms with Crippen LogP contribution in [-0.2, 0) is 0 Å². The van der Waals surface area contributed by atoms with Crippen molar-refractivity contribution in [3.63, 3.8) is 0 Å². The van der Waals surface area contributed by atoms with E-state index in [1.807, 2.05) is 72.8 Å². The molecule has 0 aliphatic carbocycles. The zero-order chi connectivity index (χ0) is 19.6. The maximum absolute atomic E-state index is 12.1. The van der Waals surface area contributed by atoms with Gasteiger partial charge in [-0.05, 0) is 42.7 Å². The fraction of sp³-hybridized carbons (Fsp3) is 0.174. The molecule has 0 aliphatic rings. The summed E-state index contributed by atoms with van der Waals surface area (Å²) in [5.74, 6) is 6.60. The van der Waals surface area contributed by atoms with Crippen LogP contribution in [0.25, 0.3) is 11.1 Å². The third-order valence-electron chi connectivity index (χ3n) is 4.29. The SMILES string of the molecule is NNC(=O)c1ccccc1-c1ccccc1OCCCCOc1ccccc1. The number of nitrogen functional groups attached to an aromatic ring is 1. The standard InChI is InChI=1S/C23H24N2O3/c24-25-23(26)21-14-5-4-12-19(21)20-13-6-7-15-22(20)28-17-9-8-16-27-18-10-2-1-3-11-18/h1-7,10-15H,8-9,16-17,24H2,(H,25,26). The summed E-state index contributed by atoms with van der Waals surface area (Å²) in [7, 11) is 0. The van der Waals surface area contributed by atoms with Crippen LogP contribution in [0, 0.1) is 0 Å². The molecule has 0 bridgehead atoms. The van der Waals surface area contributed by atoms with Crippen LogP contribution >= 0.6 is 0 Å².